The van der Waals surface area contributed by atoms with Gasteiger partial charge in [0.25, 0.3) is 0 Å². The maximum Gasteiger partial charge on any atom is 0.247 e. The number of benzene rings is 2. The van der Waals surface area contributed by atoms with Gasteiger partial charge >= 0.3 is 0 Å². The molecule has 2 N–H and O–H groups in total. The number of rotatable bonds is 7. The van der Waals surface area contributed by atoms with Gasteiger partial charge in [0.05, 0.1) is 41.1 Å². The second kappa shape index (κ2) is 11.0. The highest BCUT2D eigenvalue weighted by atomic mass is 16.5. The lowest BCUT2D eigenvalue weighted by Gasteiger charge is -2.44. The Balaban J connectivity index is 1.50. The van der Waals surface area contributed by atoms with E-state index in [0.29, 0.717) is 35.0 Å². The van der Waals surface area contributed by atoms with Crippen LogP contribution in [-0.2, 0) is 11.8 Å². The van der Waals surface area contributed by atoms with Crippen molar-refractivity contribution in [2.24, 2.45) is 7.05 Å². The number of anilines is 4. The summed E-state index contributed by atoms with van der Waals surface area (Å²) in [6.45, 7) is 11.7. The molecule has 2 unspecified atom stereocenters. The third-order valence-electron chi connectivity index (χ3n) is 7.72. The molecule has 0 aliphatic carbocycles. The summed E-state index contributed by atoms with van der Waals surface area (Å²) < 4.78 is 7.68. The molecule has 1 amide bonds. The predicted molar refractivity (Wildman–Crippen MR) is 160 cm³/mol. The number of aryl methyl sites for hydroxylation is 2. The van der Waals surface area contributed by atoms with Crippen molar-refractivity contribution in [1.82, 2.24) is 24.6 Å². The minimum atomic E-state index is -0.280. The molecule has 2 aromatic carbocycles. The van der Waals surface area contributed by atoms with E-state index in [4.69, 9.17) is 4.74 Å². The number of aromatic nitrogens is 4. The molecule has 1 fully saturated rings. The Bertz CT molecular complexity index is 1570. The first-order valence-electron chi connectivity index (χ1n) is 13.3. The normalized spacial score (nSPS) is 17.6. The molecule has 4 aromatic rings. The number of hydrogen-bond donors (Lipinski definition) is 2. The average Bonchev–Trinajstić information content (AvgIpc) is 3.24. The average molecular weight is 541 g/mol. The number of hydrogen-bond acceptors (Lipinski definition) is 8. The Morgan fingerprint density at radius 1 is 1.07 bits per heavy atom. The number of nitrogens with one attached hydrogen (secondary N) is 2. The van der Waals surface area contributed by atoms with E-state index < -0.39 is 0 Å². The molecule has 3 heterocycles. The Hall–Kier alpha value is -4.44. The summed E-state index contributed by atoms with van der Waals surface area (Å²) in [5.41, 5.74) is 5.99. The molecule has 0 saturated carbocycles. The highest BCUT2D eigenvalue weighted by Crippen LogP contribution is 2.40. The molecule has 1 aliphatic heterocycles. The lowest BCUT2D eigenvalue weighted by atomic mass is 10.1. The molecule has 2 atom stereocenters. The summed E-state index contributed by atoms with van der Waals surface area (Å²) in [5, 5.41) is 12.0. The van der Waals surface area contributed by atoms with Gasteiger partial charge in [-0.1, -0.05) is 18.7 Å². The van der Waals surface area contributed by atoms with Crippen LogP contribution in [0.2, 0.25) is 0 Å². The number of nitrogens with zero attached hydrogens (tertiary/aromatic N) is 6. The quantitative estimate of drug-likeness (QED) is 0.324. The minimum Gasteiger partial charge on any atom is -0.494 e. The fourth-order valence-corrected chi connectivity index (χ4v) is 5.30. The van der Waals surface area contributed by atoms with Crippen LogP contribution in [0.3, 0.4) is 0 Å². The van der Waals surface area contributed by atoms with Crippen LogP contribution in [0.5, 0.6) is 5.75 Å². The second-order valence-electron chi connectivity index (χ2n) is 10.4. The van der Waals surface area contributed by atoms with Crippen molar-refractivity contribution < 1.29 is 9.53 Å². The van der Waals surface area contributed by atoms with Crippen molar-refractivity contribution in [1.29, 1.82) is 0 Å². The van der Waals surface area contributed by atoms with Crippen LogP contribution in [0.25, 0.3) is 22.2 Å². The van der Waals surface area contributed by atoms with Crippen LogP contribution in [0, 0.1) is 6.92 Å². The maximum absolute atomic E-state index is 12.4. The molecule has 1 aliphatic rings. The van der Waals surface area contributed by atoms with Gasteiger partial charge in [0.1, 0.15) is 17.9 Å². The van der Waals surface area contributed by atoms with Crippen molar-refractivity contribution in [3.8, 4) is 17.0 Å². The van der Waals surface area contributed by atoms with Crippen LogP contribution in [0.1, 0.15) is 19.5 Å². The topological polar surface area (TPSA) is 100 Å². The van der Waals surface area contributed by atoms with Gasteiger partial charge in [0.15, 0.2) is 0 Å². The highest BCUT2D eigenvalue weighted by molar-refractivity contribution is 6.02. The van der Waals surface area contributed by atoms with Crippen LogP contribution >= 0.6 is 0 Å². The van der Waals surface area contributed by atoms with Crippen molar-refractivity contribution in [2.45, 2.75) is 32.9 Å². The van der Waals surface area contributed by atoms with E-state index in [1.165, 1.54) is 12.4 Å². The Morgan fingerprint density at radius 3 is 2.52 bits per heavy atom. The number of piperazine rings is 1. The van der Waals surface area contributed by atoms with Gasteiger partial charge in [-0.05, 0) is 46.0 Å². The van der Waals surface area contributed by atoms with Crippen molar-refractivity contribution in [3.05, 3.63) is 61.1 Å². The molecule has 2 aromatic heterocycles. The van der Waals surface area contributed by atoms with Crippen molar-refractivity contribution in [3.63, 3.8) is 0 Å². The van der Waals surface area contributed by atoms with Crippen molar-refractivity contribution in [2.75, 3.05) is 42.8 Å². The number of fused-ring (bicyclic) bond motifs is 1. The largest absolute Gasteiger partial charge is 0.494 e. The molecule has 40 heavy (non-hydrogen) atoms. The van der Waals surface area contributed by atoms with Crippen molar-refractivity contribution >= 4 is 39.7 Å². The lowest BCUT2D eigenvalue weighted by molar-refractivity contribution is -0.111. The van der Waals surface area contributed by atoms with E-state index in [1.54, 1.807) is 7.11 Å². The van der Waals surface area contributed by atoms with Gasteiger partial charge in [0, 0.05) is 55.3 Å². The number of amides is 1. The minimum absolute atomic E-state index is 0.280. The van der Waals surface area contributed by atoms with Gasteiger partial charge in [-0.2, -0.15) is 5.10 Å². The van der Waals surface area contributed by atoms with Gasteiger partial charge in [-0.25, -0.2) is 9.97 Å². The summed E-state index contributed by atoms with van der Waals surface area (Å²) in [4.78, 5) is 26.0. The van der Waals surface area contributed by atoms with E-state index in [1.807, 2.05) is 42.9 Å². The Morgan fingerprint density at radius 2 is 1.82 bits per heavy atom. The molecule has 10 nitrogen and oxygen atoms in total. The molecule has 0 radical (unpaired) electrons. The molecule has 10 heteroatoms. The Labute approximate surface area is 234 Å². The van der Waals surface area contributed by atoms with E-state index in [0.717, 1.165) is 46.6 Å². The fourth-order valence-electron chi connectivity index (χ4n) is 5.30. The van der Waals surface area contributed by atoms with Crippen LogP contribution in [0.15, 0.2) is 55.4 Å². The maximum atomic E-state index is 12.4. The summed E-state index contributed by atoms with van der Waals surface area (Å²) in [5.74, 6) is 0.954. The first-order chi connectivity index (χ1) is 19.2. The van der Waals surface area contributed by atoms with E-state index in [-0.39, 0.29) is 5.91 Å². The van der Waals surface area contributed by atoms with Gasteiger partial charge in [0.2, 0.25) is 5.91 Å². The van der Waals surface area contributed by atoms with Gasteiger partial charge < -0.3 is 20.3 Å². The smallest absolute Gasteiger partial charge is 0.247 e. The molecule has 5 rings (SSSR count). The van der Waals surface area contributed by atoms with Crippen LogP contribution in [0.4, 0.5) is 22.9 Å². The zero-order chi connectivity index (χ0) is 28.6. The molecule has 0 spiro atoms. The summed E-state index contributed by atoms with van der Waals surface area (Å²) in [6, 6.07) is 12.6. The molecular formula is C30H36N8O2. The first kappa shape index (κ1) is 27.1. The predicted octanol–water partition coefficient (Wildman–Crippen LogP) is 4.74. The van der Waals surface area contributed by atoms with E-state index in [9.17, 15) is 4.79 Å². The molecule has 1 saturated heterocycles. The van der Waals surface area contributed by atoms with Gasteiger partial charge in [-0.15, -0.1) is 0 Å². The number of carbonyl (C=O) groups excluding carboxylic acids is 1. The second-order valence-corrected chi connectivity index (χ2v) is 10.4. The van der Waals surface area contributed by atoms with Gasteiger partial charge in [-0.3, -0.25) is 14.4 Å². The third-order valence-corrected chi connectivity index (χ3v) is 7.72. The third kappa shape index (κ3) is 5.22. The number of carbonyl (C=O) groups is 1. The van der Waals surface area contributed by atoms with E-state index >= 15 is 0 Å². The number of methoxy groups -OCH3 is 1. The van der Waals surface area contributed by atoms with E-state index in [2.05, 4.69) is 75.1 Å². The standard InChI is InChI=1S/C30H36N8O2/c1-8-30(39)34-24-12-25(28(40-7)14-27(24)38-15-18(2)36(5)19(3)16-38)33-29-13-23(31-17-32-29)21-9-10-22-20(4)35-37(6)26(22)11-21/h8-14,17-19H,1,15-16H2,2-7H3,(H,34,39)(H,31,32,33). The first-order valence-corrected chi connectivity index (χ1v) is 13.3. The summed E-state index contributed by atoms with van der Waals surface area (Å²) in [6.07, 6.45) is 2.80. The number of ether oxygens (including phenoxy) is 1. The number of likely N-dealkylation sites (N-methyl/N-ethyl adjacent to an activating group) is 1. The zero-order valence-electron chi connectivity index (χ0n) is 23.9. The monoisotopic (exact) mass is 540 g/mol. The Kier molecular flexibility index (Phi) is 7.44. The summed E-state index contributed by atoms with van der Waals surface area (Å²) >= 11 is 0. The molecule has 0 bridgehead atoms. The lowest BCUT2D eigenvalue weighted by Crippen LogP contribution is -2.55. The molecular weight excluding hydrogens is 504 g/mol. The fraction of sp³-hybridized carbons (Fsp3) is 0.333. The molecule has 208 valence electrons. The zero-order valence-corrected chi connectivity index (χ0v) is 23.9. The summed E-state index contributed by atoms with van der Waals surface area (Å²) in [7, 11) is 5.72. The van der Waals surface area contributed by atoms with Crippen LogP contribution in [-0.4, -0.2) is 69.9 Å². The highest BCUT2D eigenvalue weighted by Gasteiger charge is 2.29. The SMILES string of the molecule is C=CC(=O)Nc1cc(Nc2cc(-c3ccc4c(C)nn(C)c4c3)ncn2)c(OC)cc1N1CC(C)N(C)C(C)C1. The van der Waals surface area contributed by atoms with Crippen LogP contribution < -0.4 is 20.3 Å².